The van der Waals surface area contributed by atoms with Gasteiger partial charge >= 0.3 is 12.1 Å². The monoisotopic (exact) mass is 1770 g/mol. The number of amides is 1. The van der Waals surface area contributed by atoms with E-state index in [1.165, 1.54) is 36.4 Å². The lowest BCUT2D eigenvalue weighted by Gasteiger charge is -2.34. The Hall–Kier alpha value is -11.8. The SMILES string of the molecule is C#CCCCCOC(=O)N1CCN(CCn2ccc(=O)c(O)c2C)CC1.C#CCCNC(C)(CCn1ccc(=O)c(O)c1C)C(=O)O.C#CCNC(C)CCn1ccc(=O)c(O)c1C.C#CCNC(C)CCn1ccc(=O)c(O)c1C.C#CCNC(C)CCn1ccc(=O)c(O)c1C.C#CCNC(CC)C(=O)CNCCCn1ccc(=O)c(O)c1C.C=S.C=S. The van der Waals surface area contributed by atoms with Crippen LogP contribution in [-0.2, 0) is 53.6 Å². The van der Waals surface area contributed by atoms with E-state index in [0.29, 0.717) is 157 Å². The number of carbonyl (C=O) groups is 3. The van der Waals surface area contributed by atoms with Gasteiger partial charge in [-0.05, 0) is 139 Å². The van der Waals surface area contributed by atoms with Crippen molar-refractivity contribution in [3.8, 4) is 109 Å². The van der Waals surface area contributed by atoms with E-state index in [2.05, 4.69) is 129 Å². The maximum absolute atomic E-state index is 12.0. The van der Waals surface area contributed by atoms with E-state index in [9.17, 15) is 78.9 Å². The Bertz CT molecular complexity index is 4750. The number of nitrogens with zero attached hydrogens (tertiary/aromatic N) is 8. The maximum Gasteiger partial charge on any atom is 0.409 e. The Labute approximate surface area is 746 Å². The smallest absolute Gasteiger partial charge is 0.409 e. The fourth-order valence-electron chi connectivity index (χ4n) is 11.8. The van der Waals surface area contributed by atoms with Crippen LogP contribution in [0, 0.1) is 116 Å². The minimum atomic E-state index is -1.12. The molecule has 7 heterocycles. The topological polar surface area (TPSA) is 413 Å². The third kappa shape index (κ3) is 42.4. The molecule has 0 aliphatic carbocycles. The van der Waals surface area contributed by atoms with Crippen molar-refractivity contribution in [2.24, 2.45) is 0 Å². The summed E-state index contributed by atoms with van der Waals surface area (Å²) in [5, 5.41) is 85.4. The maximum atomic E-state index is 12.0. The molecule has 682 valence electrons. The number of pyridine rings is 6. The number of aliphatic carboxylic acids is 1. The average molecular weight is 1770 g/mol. The van der Waals surface area contributed by atoms with E-state index in [4.69, 9.17) is 43.3 Å². The van der Waals surface area contributed by atoms with Crippen LogP contribution in [-0.4, -0.2) is 217 Å². The molecule has 0 saturated carbocycles. The van der Waals surface area contributed by atoms with Gasteiger partial charge in [0.15, 0.2) is 40.3 Å². The van der Waals surface area contributed by atoms with Crippen LogP contribution in [0.5, 0.6) is 34.5 Å². The number of Topliss-reactive ketones (excluding diaryl/α,β-unsaturated/α-hetero) is 1. The molecule has 13 N–H and O–H groups in total. The minimum Gasteiger partial charge on any atom is -0.503 e. The van der Waals surface area contributed by atoms with Crippen molar-refractivity contribution >= 4 is 54.0 Å². The van der Waals surface area contributed by atoms with Crippen LogP contribution in [0.1, 0.15) is 133 Å². The largest absolute Gasteiger partial charge is 0.503 e. The quantitative estimate of drug-likeness (QED) is 0.0113. The Morgan fingerprint density at radius 3 is 1.11 bits per heavy atom. The number of ether oxygens (including phenoxy) is 1. The molecule has 7 rings (SSSR count). The zero-order valence-electron chi connectivity index (χ0n) is 74.2. The number of ketones is 1. The van der Waals surface area contributed by atoms with E-state index in [0.717, 1.165) is 77.8 Å². The summed E-state index contributed by atoms with van der Waals surface area (Å²) in [6.07, 6.45) is 48.0. The number of carbonyl (C=O) groups excluding carboxylic acids is 2. The lowest BCUT2D eigenvalue weighted by atomic mass is 9.97. The molecule has 1 fully saturated rings. The van der Waals surface area contributed by atoms with Crippen molar-refractivity contribution in [3.05, 3.63) is 169 Å². The summed E-state index contributed by atoms with van der Waals surface area (Å²) in [7, 11) is 0. The predicted octanol–water partition coefficient (Wildman–Crippen LogP) is 6.36. The van der Waals surface area contributed by atoms with Crippen molar-refractivity contribution in [1.29, 1.82) is 0 Å². The molecule has 0 bridgehead atoms. The molecule has 0 spiro atoms. The Balaban J connectivity index is 0.00000147. The van der Waals surface area contributed by atoms with Gasteiger partial charge in [-0.3, -0.25) is 48.6 Å². The molecule has 5 atom stereocenters. The second kappa shape index (κ2) is 64.0. The van der Waals surface area contributed by atoms with Gasteiger partial charge in [-0.2, -0.15) is 0 Å². The Kier molecular flexibility index (Phi) is 57.9. The molecule has 33 heteroatoms. The van der Waals surface area contributed by atoms with Crippen LogP contribution in [0.4, 0.5) is 4.79 Å². The number of carboxylic acid groups (broad SMARTS) is 1. The first-order valence-corrected chi connectivity index (χ1v) is 42.0. The second-order valence-corrected chi connectivity index (χ2v) is 29.1. The van der Waals surface area contributed by atoms with Crippen molar-refractivity contribution in [1.82, 2.24) is 69.1 Å². The minimum absolute atomic E-state index is 0.0972. The standard InChI is InChI=1S/C19H27N3O4.C17H25N3O3.C15H20N2O4.3C13H18N2O2.2CH2S/c1-3-4-5-6-15-26-19(25)22-13-10-20(11-14-22)9-12-21-8-7-17(23)18(24)16(21)2;1-4-8-19-14(5-2)16(22)12-18-9-6-10-20-11-7-15(21)17(23)13(20)3;1-4-5-8-16-15(3,14(20)21)7-10-17-9-6-12(18)13(19)11(17)2;3*1-4-7-14-10(2)5-8-15-9-6-12(16)13(17)11(15)3;2*1-2/h1,7-8,24H,4-6,9-15H2,2H3;1,7,11,14,18-19,23H,5-6,8-10,12H2,2-3H3;1,6,9,16,19H,5,7-8,10H2,2-3H3,(H,20,21);3*1,6,9-10,14,17H,5,7-8H2,2-3H3;2*1H2. The Morgan fingerprint density at radius 1 is 0.456 bits per heavy atom. The third-order valence-corrected chi connectivity index (χ3v) is 20.2. The average Bonchev–Trinajstić information content (AvgIpc) is 0.847. The molecule has 5 unspecified atom stereocenters. The van der Waals surface area contributed by atoms with Gasteiger partial charge in [0, 0.05) is 183 Å². The highest BCUT2D eigenvalue weighted by molar-refractivity contribution is 7.77. The van der Waals surface area contributed by atoms with Gasteiger partial charge < -0.3 is 99.4 Å². The fourth-order valence-corrected chi connectivity index (χ4v) is 11.8. The first-order chi connectivity index (χ1) is 59.5. The van der Waals surface area contributed by atoms with Crippen molar-refractivity contribution in [2.75, 3.05) is 85.1 Å². The van der Waals surface area contributed by atoms with E-state index >= 15 is 0 Å². The number of hydrogen-bond acceptors (Lipinski definition) is 25. The van der Waals surface area contributed by atoms with Crippen LogP contribution in [0.25, 0.3) is 0 Å². The molecule has 31 nitrogen and oxygen atoms in total. The summed E-state index contributed by atoms with van der Waals surface area (Å²) in [6, 6.07) is 8.79. The van der Waals surface area contributed by atoms with Gasteiger partial charge in [0.1, 0.15) is 5.54 Å². The highest BCUT2D eigenvalue weighted by Crippen LogP contribution is 2.19. The number of nitrogens with one attached hydrogen (secondary N) is 6. The molecular weight excluding hydrogens is 1640 g/mol. The molecule has 6 aromatic rings. The zero-order valence-corrected chi connectivity index (χ0v) is 75.9. The second-order valence-electron chi connectivity index (χ2n) is 29.1. The highest BCUT2D eigenvalue weighted by Gasteiger charge is 2.32. The van der Waals surface area contributed by atoms with Gasteiger partial charge in [0.05, 0.1) is 79.5 Å². The summed E-state index contributed by atoms with van der Waals surface area (Å²) in [4.78, 5) is 107. The van der Waals surface area contributed by atoms with Crippen LogP contribution >= 0.6 is 24.4 Å². The van der Waals surface area contributed by atoms with Gasteiger partial charge in [0.2, 0.25) is 32.6 Å². The normalized spacial score (nSPS) is 12.5. The molecule has 1 saturated heterocycles. The summed E-state index contributed by atoms with van der Waals surface area (Å²) in [5.41, 5.74) is 0.0371. The molecule has 1 aliphatic rings. The van der Waals surface area contributed by atoms with Crippen molar-refractivity contribution in [2.45, 2.75) is 209 Å². The number of aryl methyl sites for hydroxylation is 5. The number of terminal acetylenes is 6. The Morgan fingerprint density at radius 2 is 0.784 bits per heavy atom. The predicted molar refractivity (Wildman–Crippen MR) is 502 cm³/mol. The van der Waals surface area contributed by atoms with Gasteiger partial charge in [-0.1, -0.05) is 55.0 Å². The van der Waals surface area contributed by atoms with Crippen LogP contribution in [0.3, 0.4) is 0 Å². The van der Waals surface area contributed by atoms with Gasteiger partial charge in [-0.25, -0.2) is 4.79 Å². The molecule has 1 aliphatic heterocycles. The molecule has 125 heavy (non-hydrogen) atoms. The number of unbranched alkanes of at least 4 members (excludes halogenated alkanes) is 2. The van der Waals surface area contributed by atoms with Crippen LogP contribution in [0.15, 0.2) is 102 Å². The first-order valence-electron chi connectivity index (χ1n) is 40.8. The number of thiocarbonyl (C=S) groups is 2. The van der Waals surface area contributed by atoms with Crippen molar-refractivity contribution < 1.29 is 54.9 Å². The van der Waals surface area contributed by atoms with E-state index in [1.54, 1.807) is 95.1 Å². The summed E-state index contributed by atoms with van der Waals surface area (Å²) in [5.74, 6) is 18.6. The summed E-state index contributed by atoms with van der Waals surface area (Å²) in [6.45, 7) is 31.3. The number of aromatic nitrogens is 6. The third-order valence-electron chi connectivity index (χ3n) is 20.2. The number of hydrogen-bond donors (Lipinski definition) is 13. The van der Waals surface area contributed by atoms with Gasteiger partial charge in [-0.15, -0.1) is 50.4 Å². The number of aromatic hydroxyl groups is 6. The number of carboxylic acids is 1. The molecule has 6 aromatic heterocycles. The zero-order chi connectivity index (χ0) is 94.7. The molecule has 1 amide bonds. The lowest BCUT2D eigenvalue weighted by Crippen LogP contribution is -2.50. The number of rotatable bonds is 39. The van der Waals surface area contributed by atoms with E-state index < -0.39 is 16.9 Å². The fraction of sp³-hybridized carbons (Fsp3) is 0.489. The lowest BCUT2D eigenvalue weighted by molar-refractivity contribution is -0.144. The van der Waals surface area contributed by atoms with Crippen LogP contribution < -0.4 is 64.5 Å². The highest BCUT2D eigenvalue weighted by atomic mass is 32.1. The molecule has 0 aromatic carbocycles. The summed E-state index contributed by atoms with van der Waals surface area (Å²) >= 11 is 7.67. The van der Waals surface area contributed by atoms with E-state index in [-0.39, 0.29) is 86.0 Å². The van der Waals surface area contributed by atoms with Gasteiger partial charge in [0.25, 0.3) is 0 Å². The first kappa shape index (κ1) is 113. The molecular formula is C92H130N14O17S2. The van der Waals surface area contributed by atoms with E-state index in [1.807, 2.05) is 29.8 Å². The number of piperazine rings is 1. The van der Waals surface area contributed by atoms with Crippen LogP contribution in [0.2, 0.25) is 0 Å². The van der Waals surface area contributed by atoms with Crippen molar-refractivity contribution in [3.63, 3.8) is 0 Å². The molecule has 0 radical (unpaired) electrons. The summed E-state index contributed by atoms with van der Waals surface area (Å²) < 4.78 is 16.2.